The predicted molar refractivity (Wildman–Crippen MR) is 146 cm³/mol. The molecular formula is C28H36N4O9. The summed E-state index contributed by atoms with van der Waals surface area (Å²) in [6, 6.07) is 0.584. The fourth-order valence-electron chi connectivity index (χ4n) is 6.45. The van der Waals surface area contributed by atoms with Crippen LogP contribution < -0.4 is 16.8 Å². The lowest BCUT2D eigenvalue weighted by atomic mass is 9.54. The monoisotopic (exact) mass is 572 g/mol. The second-order valence-corrected chi connectivity index (χ2v) is 11.4. The SMILES string of the molecule is CC[C@H](C)[C@H](N)C(=O)Nc1ccc2c(c1O)C(O)=C1C(=O)[C@]3(O)C(O)=C(C(N)=O)C(=O)[C@@H](N(C)C)C3C(O)C1[C@H]2C. The van der Waals surface area contributed by atoms with Crippen molar-refractivity contribution < 1.29 is 44.7 Å². The number of benzene rings is 1. The van der Waals surface area contributed by atoms with Crippen LogP contribution in [0.2, 0.25) is 0 Å². The van der Waals surface area contributed by atoms with Gasteiger partial charge < -0.3 is 42.3 Å². The summed E-state index contributed by atoms with van der Waals surface area (Å²) >= 11 is 0. The van der Waals surface area contributed by atoms with E-state index in [-0.39, 0.29) is 17.2 Å². The third-order valence-electron chi connectivity index (χ3n) is 8.95. The maximum Gasteiger partial charge on any atom is 0.255 e. The Morgan fingerprint density at radius 1 is 1.17 bits per heavy atom. The molecule has 222 valence electrons. The lowest BCUT2D eigenvalue weighted by molar-refractivity contribution is -0.169. The Balaban J connectivity index is 1.92. The summed E-state index contributed by atoms with van der Waals surface area (Å²) in [6.45, 7) is 5.28. The molecule has 3 aliphatic rings. The number of Topliss-reactive ketones (excluding diaryl/α,β-unsaturated/α-hetero) is 2. The number of carbonyl (C=O) groups is 4. The van der Waals surface area contributed by atoms with Gasteiger partial charge in [-0.1, -0.05) is 33.3 Å². The molecule has 3 aliphatic carbocycles. The lowest BCUT2D eigenvalue weighted by Gasteiger charge is -2.53. The van der Waals surface area contributed by atoms with Crippen LogP contribution in [-0.4, -0.2) is 91.7 Å². The van der Waals surface area contributed by atoms with E-state index < -0.39 is 93.3 Å². The molecule has 13 heteroatoms. The zero-order chi connectivity index (χ0) is 30.9. The maximum absolute atomic E-state index is 14.0. The second-order valence-electron chi connectivity index (χ2n) is 11.4. The molecule has 4 rings (SSSR count). The molecule has 0 bridgehead atoms. The van der Waals surface area contributed by atoms with Crippen molar-refractivity contribution in [2.75, 3.05) is 19.4 Å². The maximum atomic E-state index is 14.0. The van der Waals surface area contributed by atoms with Crippen LogP contribution in [0.1, 0.15) is 44.2 Å². The number of aromatic hydroxyl groups is 1. The average Bonchev–Trinajstić information content (AvgIpc) is 2.90. The molecule has 0 spiro atoms. The Morgan fingerprint density at radius 3 is 2.32 bits per heavy atom. The number of aliphatic hydroxyl groups is 4. The van der Waals surface area contributed by atoms with Crippen molar-refractivity contribution in [1.82, 2.24) is 4.90 Å². The highest BCUT2D eigenvalue weighted by molar-refractivity contribution is 6.24. The highest BCUT2D eigenvalue weighted by Gasteiger charge is 2.68. The van der Waals surface area contributed by atoms with E-state index in [1.54, 1.807) is 13.8 Å². The number of primary amides is 1. The molecule has 41 heavy (non-hydrogen) atoms. The summed E-state index contributed by atoms with van der Waals surface area (Å²) in [4.78, 5) is 53.4. The number of phenols is 1. The van der Waals surface area contributed by atoms with E-state index in [2.05, 4.69) is 5.32 Å². The lowest BCUT2D eigenvalue weighted by Crippen LogP contribution is -2.70. The van der Waals surface area contributed by atoms with Crippen LogP contribution in [0.15, 0.2) is 29.0 Å². The predicted octanol–water partition coefficient (Wildman–Crippen LogP) is -0.192. The van der Waals surface area contributed by atoms with E-state index in [9.17, 15) is 44.7 Å². The minimum absolute atomic E-state index is 0.0969. The molecule has 1 aromatic rings. The Kier molecular flexibility index (Phi) is 7.54. The van der Waals surface area contributed by atoms with Crippen LogP contribution in [0.3, 0.4) is 0 Å². The van der Waals surface area contributed by atoms with E-state index in [0.29, 0.717) is 12.0 Å². The van der Waals surface area contributed by atoms with E-state index in [1.807, 2.05) is 6.92 Å². The van der Waals surface area contributed by atoms with Crippen molar-refractivity contribution in [3.63, 3.8) is 0 Å². The van der Waals surface area contributed by atoms with Crippen LogP contribution in [0.4, 0.5) is 5.69 Å². The van der Waals surface area contributed by atoms with Gasteiger partial charge in [0.25, 0.3) is 5.91 Å². The fourth-order valence-corrected chi connectivity index (χ4v) is 6.45. The number of likely N-dealkylation sites (N-methyl/N-ethyl adjacent to an activating group) is 1. The zero-order valence-electron chi connectivity index (χ0n) is 23.4. The van der Waals surface area contributed by atoms with Gasteiger partial charge in [-0.15, -0.1) is 0 Å². The summed E-state index contributed by atoms with van der Waals surface area (Å²) in [5.41, 5.74) is 6.80. The molecule has 0 aliphatic heterocycles. The van der Waals surface area contributed by atoms with Crippen molar-refractivity contribution in [1.29, 1.82) is 0 Å². The van der Waals surface area contributed by atoms with Gasteiger partial charge in [-0.25, -0.2) is 0 Å². The topological polar surface area (TPSA) is 237 Å². The number of nitrogens with zero attached hydrogens (tertiary/aromatic N) is 1. The van der Waals surface area contributed by atoms with Crippen LogP contribution in [0.5, 0.6) is 5.75 Å². The molecule has 0 radical (unpaired) electrons. The first kappa shape index (κ1) is 30.2. The molecule has 13 nitrogen and oxygen atoms in total. The van der Waals surface area contributed by atoms with Crippen molar-refractivity contribution in [2.45, 2.75) is 56.9 Å². The Bertz CT molecular complexity index is 1420. The van der Waals surface area contributed by atoms with Crippen molar-refractivity contribution in [3.05, 3.63) is 40.2 Å². The molecule has 8 atom stereocenters. The molecule has 1 saturated carbocycles. The second kappa shape index (κ2) is 10.2. The number of nitrogens with one attached hydrogen (secondary N) is 1. The summed E-state index contributed by atoms with van der Waals surface area (Å²) in [5.74, 6) is -10.7. The van der Waals surface area contributed by atoms with Crippen molar-refractivity contribution in [3.8, 4) is 5.75 Å². The van der Waals surface area contributed by atoms with Gasteiger partial charge >= 0.3 is 0 Å². The number of fused-ring (bicyclic) bond motifs is 3. The molecular weight excluding hydrogens is 536 g/mol. The van der Waals surface area contributed by atoms with Crippen LogP contribution in [0.25, 0.3) is 5.76 Å². The van der Waals surface area contributed by atoms with E-state index >= 15 is 0 Å². The van der Waals surface area contributed by atoms with Gasteiger partial charge in [-0.2, -0.15) is 0 Å². The molecule has 1 aromatic carbocycles. The normalized spacial score (nSPS) is 30.9. The smallest absolute Gasteiger partial charge is 0.255 e. The standard InChI is InChI=1S/C28H36N4O9/c1-6-9(2)18(29)27(40)31-12-8-7-11-10(3)13-15(21(34)14(11)20(12)33)24(37)28(41)17(22(13)35)19(32(4)5)23(36)16(25(28)38)26(30)39/h7-10,13,17-19,22,33-35,38,41H,6,29H2,1-5H3,(H2,30,39)(H,31,40)/t9-,10-,13?,17?,18-,19-,22?,28-/m0/s1. The highest BCUT2D eigenvalue weighted by atomic mass is 16.4. The van der Waals surface area contributed by atoms with E-state index in [0.717, 1.165) is 0 Å². The summed E-state index contributed by atoms with van der Waals surface area (Å²) < 4.78 is 0. The molecule has 1 fully saturated rings. The number of aliphatic hydroxyl groups excluding tert-OH is 3. The highest BCUT2D eigenvalue weighted by Crippen LogP contribution is 2.56. The van der Waals surface area contributed by atoms with Gasteiger partial charge in [0.2, 0.25) is 11.7 Å². The molecule has 0 saturated heterocycles. The molecule has 10 N–H and O–H groups in total. The molecule has 2 amide bonds. The van der Waals surface area contributed by atoms with Crippen molar-refractivity contribution in [2.24, 2.45) is 29.2 Å². The summed E-state index contributed by atoms with van der Waals surface area (Å²) in [5, 5.41) is 59.4. The third-order valence-corrected chi connectivity index (χ3v) is 8.95. The van der Waals surface area contributed by atoms with Crippen LogP contribution in [0, 0.1) is 17.8 Å². The molecule has 3 unspecified atom stereocenters. The number of amides is 2. The fraction of sp³-hybridized carbons (Fsp3) is 0.500. The number of rotatable bonds is 6. The van der Waals surface area contributed by atoms with Gasteiger partial charge in [0.1, 0.15) is 22.8 Å². The summed E-state index contributed by atoms with van der Waals surface area (Å²) in [6.07, 6.45) is -1.06. The number of anilines is 1. The number of phenolic OH excluding ortho intramolecular Hbond substituents is 1. The van der Waals surface area contributed by atoms with Crippen LogP contribution >= 0.6 is 0 Å². The van der Waals surface area contributed by atoms with Gasteiger partial charge in [0.05, 0.1) is 35.4 Å². The molecule has 0 heterocycles. The number of hydrogen-bond donors (Lipinski definition) is 8. The minimum Gasteiger partial charge on any atom is -0.508 e. The average molecular weight is 573 g/mol. The first-order valence-electron chi connectivity index (χ1n) is 13.3. The zero-order valence-corrected chi connectivity index (χ0v) is 23.4. The van der Waals surface area contributed by atoms with E-state index in [1.165, 1.54) is 31.1 Å². The third kappa shape index (κ3) is 4.14. The Morgan fingerprint density at radius 2 is 1.78 bits per heavy atom. The minimum atomic E-state index is -3.01. The molecule has 0 aromatic heterocycles. The number of ketones is 2. The van der Waals surface area contributed by atoms with E-state index in [4.69, 9.17) is 11.5 Å². The largest absolute Gasteiger partial charge is 0.508 e. The summed E-state index contributed by atoms with van der Waals surface area (Å²) in [7, 11) is 2.87. The Hall–Kier alpha value is -3.78. The van der Waals surface area contributed by atoms with Gasteiger partial charge in [-0.05, 0) is 37.6 Å². The first-order chi connectivity index (χ1) is 19.0. The Labute approximate surface area is 236 Å². The van der Waals surface area contributed by atoms with Crippen LogP contribution in [-0.2, 0) is 19.2 Å². The van der Waals surface area contributed by atoms with Gasteiger partial charge in [-0.3, -0.25) is 24.1 Å². The van der Waals surface area contributed by atoms with Gasteiger partial charge in [0, 0.05) is 11.5 Å². The number of hydrogen-bond acceptors (Lipinski definition) is 11. The quantitative estimate of drug-likeness (QED) is 0.164. The first-order valence-corrected chi connectivity index (χ1v) is 13.3. The van der Waals surface area contributed by atoms with Crippen molar-refractivity contribution >= 4 is 34.8 Å². The number of carbonyl (C=O) groups excluding carboxylic acids is 4. The van der Waals surface area contributed by atoms with Gasteiger partial charge in [0.15, 0.2) is 11.4 Å². The number of nitrogens with two attached hydrogens (primary N) is 2.